The van der Waals surface area contributed by atoms with Gasteiger partial charge in [0, 0.05) is 70.3 Å². The Morgan fingerprint density at radius 1 is 0.857 bits per heavy atom. The van der Waals surface area contributed by atoms with Crippen LogP contribution in [0.5, 0.6) is 0 Å². The fourth-order valence-corrected chi connectivity index (χ4v) is 0.987. The minimum absolute atomic E-state index is 0. The van der Waals surface area contributed by atoms with Crippen molar-refractivity contribution in [2.24, 2.45) is 0 Å². The molecule has 0 fully saturated rings. The molecule has 2 radical (unpaired) electrons. The predicted molar refractivity (Wildman–Crippen MR) is 54.4 cm³/mol. The molecule has 6 heteroatoms. The number of rotatable bonds is 4. The van der Waals surface area contributed by atoms with Crippen LogP contribution in [0.2, 0.25) is 0 Å². The quantitative estimate of drug-likeness (QED) is 0.532. The van der Waals surface area contributed by atoms with Gasteiger partial charge in [0.1, 0.15) is 0 Å². The van der Waals surface area contributed by atoms with Crippen molar-refractivity contribution in [1.82, 2.24) is 0 Å². The predicted octanol–water partition coefficient (Wildman–Crippen LogP) is 0.511. The number of aliphatic carboxylic acids is 2. The van der Waals surface area contributed by atoms with Crippen LogP contribution in [-0.4, -0.2) is 81.3 Å². The second-order valence-corrected chi connectivity index (χ2v) is 2.27. The van der Waals surface area contributed by atoms with Gasteiger partial charge in [-0.3, -0.25) is 0 Å². The molecule has 70 valence electrons. The Kier molecular flexibility index (Phi) is 14.7. The molecule has 0 atom stereocenters. The summed E-state index contributed by atoms with van der Waals surface area (Å²) >= 11 is 0. The molecule has 0 aromatic carbocycles. The Morgan fingerprint density at radius 2 is 1.07 bits per heavy atom. The minimum Gasteiger partial charge on any atom is -0.478 e. The van der Waals surface area contributed by atoms with E-state index in [4.69, 9.17) is 10.2 Å². The molecule has 0 rings (SSSR count). The smallest absolute Gasteiger partial charge is 0.332 e. The fourth-order valence-electron chi connectivity index (χ4n) is 0.987. The van der Waals surface area contributed by atoms with E-state index in [2.05, 4.69) is 0 Å². The Balaban J connectivity index is -0.000000605. The number of hydrogen-bond donors (Lipinski definition) is 2. The third kappa shape index (κ3) is 6.22. The number of carboxylic acids is 2. The summed E-state index contributed by atoms with van der Waals surface area (Å²) in [4.78, 5) is 21.0. The van der Waals surface area contributed by atoms with Crippen LogP contribution in [0.25, 0.3) is 0 Å². The van der Waals surface area contributed by atoms with Gasteiger partial charge < -0.3 is 10.2 Å². The van der Waals surface area contributed by atoms with Gasteiger partial charge in [-0.2, -0.15) is 0 Å². The molecule has 0 heterocycles. The molecular formula is C8H12Na2O4. The van der Waals surface area contributed by atoms with Gasteiger partial charge in [0.15, 0.2) is 0 Å². The molecule has 0 saturated heterocycles. The molecule has 0 aromatic rings. The van der Waals surface area contributed by atoms with Crippen LogP contribution in [0.1, 0.15) is 26.7 Å². The van der Waals surface area contributed by atoms with Crippen molar-refractivity contribution in [3.05, 3.63) is 11.1 Å². The van der Waals surface area contributed by atoms with Crippen LogP contribution in [-0.2, 0) is 9.59 Å². The maximum absolute atomic E-state index is 10.5. The first kappa shape index (κ1) is 20.1. The van der Waals surface area contributed by atoms with Crippen molar-refractivity contribution in [1.29, 1.82) is 0 Å². The average Bonchev–Trinajstić information content (AvgIpc) is 1.98. The van der Waals surface area contributed by atoms with Crippen molar-refractivity contribution in [2.75, 3.05) is 0 Å². The summed E-state index contributed by atoms with van der Waals surface area (Å²) < 4.78 is 0. The monoisotopic (exact) mass is 218 g/mol. The minimum atomic E-state index is -1.14. The molecule has 0 amide bonds. The van der Waals surface area contributed by atoms with Crippen LogP contribution in [0, 0.1) is 0 Å². The topological polar surface area (TPSA) is 74.6 Å². The van der Waals surface area contributed by atoms with Crippen LogP contribution >= 0.6 is 0 Å². The van der Waals surface area contributed by atoms with E-state index >= 15 is 0 Å². The standard InChI is InChI=1S/C8H12O4.2Na/c1-3-5(7(9)10)6(4-2)8(11)12;;/h3-4H2,1-2H3,(H,9,10)(H,11,12);;/b6-5-;;. The van der Waals surface area contributed by atoms with Crippen LogP contribution in [0.3, 0.4) is 0 Å². The van der Waals surface area contributed by atoms with Crippen molar-refractivity contribution in [3.63, 3.8) is 0 Å². The molecule has 0 aliphatic rings. The molecule has 0 bridgehead atoms. The first-order chi connectivity index (χ1) is 5.54. The molecule has 4 nitrogen and oxygen atoms in total. The van der Waals surface area contributed by atoms with Gasteiger partial charge in [-0.1, -0.05) is 13.8 Å². The van der Waals surface area contributed by atoms with Gasteiger partial charge >= 0.3 is 11.9 Å². The van der Waals surface area contributed by atoms with Crippen molar-refractivity contribution < 1.29 is 19.8 Å². The summed E-state index contributed by atoms with van der Waals surface area (Å²) in [7, 11) is 0. The Hall–Kier alpha value is 0.680. The molecule has 0 saturated carbocycles. The van der Waals surface area contributed by atoms with E-state index in [0.717, 1.165) is 0 Å². The van der Waals surface area contributed by atoms with Gasteiger partial charge in [-0.25, -0.2) is 9.59 Å². The van der Waals surface area contributed by atoms with Crippen molar-refractivity contribution in [2.45, 2.75) is 26.7 Å². The molecular weight excluding hydrogens is 206 g/mol. The summed E-state index contributed by atoms with van der Waals surface area (Å²) in [5, 5.41) is 17.2. The molecule has 0 spiro atoms. The van der Waals surface area contributed by atoms with Crippen molar-refractivity contribution in [3.8, 4) is 0 Å². The van der Waals surface area contributed by atoms with E-state index in [1.807, 2.05) is 0 Å². The molecule has 0 aromatic heterocycles. The van der Waals surface area contributed by atoms with E-state index in [0.29, 0.717) is 0 Å². The van der Waals surface area contributed by atoms with Crippen LogP contribution in [0.4, 0.5) is 0 Å². The summed E-state index contributed by atoms with van der Waals surface area (Å²) in [6.45, 7) is 3.25. The van der Waals surface area contributed by atoms with Gasteiger partial charge in [0.25, 0.3) is 0 Å². The molecule has 14 heavy (non-hydrogen) atoms. The summed E-state index contributed by atoms with van der Waals surface area (Å²) in [5.41, 5.74) is -0.0185. The molecule has 0 aliphatic carbocycles. The summed E-state index contributed by atoms with van der Waals surface area (Å²) in [6.07, 6.45) is 0.482. The molecule has 0 unspecified atom stereocenters. The van der Waals surface area contributed by atoms with Crippen molar-refractivity contribution >= 4 is 71.1 Å². The molecule has 0 aliphatic heterocycles. The zero-order valence-electron chi connectivity index (χ0n) is 9.13. The summed E-state index contributed by atoms with van der Waals surface area (Å²) in [5.74, 6) is -2.28. The third-order valence-corrected chi connectivity index (χ3v) is 1.59. The SMILES string of the molecule is CC/C(C(=O)O)=C(\CC)C(=O)O.[Na].[Na]. The Labute approximate surface area is 127 Å². The zero-order chi connectivity index (χ0) is 9.72. The second kappa shape index (κ2) is 10.2. The van der Waals surface area contributed by atoms with Gasteiger partial charge in [-0.05, 0) is 12.8 Å². The van der Waals surface area contributed by atoms with Crippen LogP contribution in [0.15, 0.2) is 11.1 Å². The van der Waals surface area contributed by atoms with Gasteiger partial charge in [-0.15, -0.1) is 0 Å². The first-order valence-electron chi connectivity index (χ1n) is 3.73. The second-order valence-electron chi connectivity index (χ2n) is 2.27. The Bertz CT molecular complexity index is 211. The average molecular weight is 218 g/mol. The maximum atomic E-state index is 10.5. The van der Waals surface area contributed by atoms with Crippen LogP contribution < -0.4 is 0 Å². The van der Waals surface area contributed by atoms with Gasteiger partial charge in [0.2, 0.25) is 0 Å². The van der Waals surface area contributed by atoms with E-state index in [9.17, 15) is 9.59 Å². The summed E-state index contributed by atoms with van der Waals surface area (Å²) in [6, 6.07) is 0. The van der Waals surface area contributed by atoms with E-state index in [1.54, 1.807) is 13.8 Å². The maximum Gasteiger partial charge on any atom is 0.332 e. The number of carboxylic acid groups (broad SMARTS) is 2. The fraction of sp³-hybridized carbons (Fsp3) is 0.500. The van der Waals surface area contributed by atoms with E-state index in [1.165, 1.54) is 0 Å². The largest absolute Gasteiger partial charge is 0.478 e. The number of carbonyl (C=O) groups is 2. The Morgan fingerprint density at radius 3 is 1.14 bits per heavy atom. The zero-order valence-corrected chi connectivity index (χ0v) is 13.1. The van der Waals surface area contributed by atoms with Gasteiger partial charge in [0.05, 0.1) is 0 Å². The molecule has 2 N–H and O–H groups in total. The van der Waals surface area contributed by atoms with E-state index in [-0.39, 0.29) is 83.1 Å². The normalized spacial score (nSPS) is 10.4. The first-order valence-corrected chi connectivity index (χ1v) is 3.73. The third-order valence-electron chi connectivity index (χ3n) is 1.59. The number of hydrogen-bond acceptors (Lipinski definition) is 2. The van der Waals surface area contributed by atoms with E-state index < -0.39 is 11.9 Å².